The average Bonchev–Trinajstić information content (AvgIpc) is 3.09. The number of aliphatic hydroxyl groups excluding tert-OH is 9. The zero-order chi connectivity index (χ0) is 36.2. The van der Waals surface area contributed by atoms with Crippen LogP contribution in [-0.4, -0.2) is 155 Å². The van der Waals surface area contributed by atoms with Crippen LogP contribution in [0.25, 0.3) is 22.3 Å². The van der Waals surface area contributed by atoms with Crippen molar-refractivity contribution in [3.05, 3.63) is 34.5 Å². The van der Waals surface area contributed by atoms with Gasteiger partial charge < -0.3 is 94.1 Å². The van der Waals surface area contributed by atoms with Crippen molar-refractivity contribution in [1.82, 2.24) is 0 Å². The van der Waals surface area contributed by atoms with Crippen molar-refractivity contribution in [3.63, 3.8) is 0 Å². The van der Waals surface area contributed by atoms with Crippen LogP contribution >= 0.6 is 0 Å². The van der Waals surface area contributed by atoms with E-state index in [2.05, 4.69) is 0 Å². The fraction of sp³-hybridized carbons (Fsp3) is 0.500. The Bertz CT molecular complexity index is 1750. The zero-order valence-electron chi connectivity index (χ0n) is 25.5. The van der Waals surface area contributed by atoms with Crippen molar-refractivity contribution < 1.29 is 94.1 Å². The van der Waals surface area contributed by atoms with Crippen molar-refractivity contribution in [3.8, 4) is 45.8 Å². The maximum Gasteiger partial charge on any atom is 0.239 e. The summed E-state index contributed by atoms with van der Waals surface area (Å²) in [5, 5.41) is 124. The van der Waals surface area contributed by atoms with Crippen LogP contribution in [0.15, 0.2) is 33.5 Å². The maximum atomic E-state index is 14.3. The van der Waals surface area contributed by atoms with E-state index in [0.29, 0.717) is 0 Å². The highest BCUT2D eigenvalue weighted by atomic mass is 16.7. The largest absolute Gasteiger partial charge is 0.508 e. The summed E-state index contributed by atoms with van der Waals surface area (Å²) in [7, 11) is 0. The van der Waals surface area contributed by atoms with Crippen LogP contribution in [0.3, 0.4) is 0 Å². The minimum atomic E-state index is -1.98. The number of rotatable bonds is 7. The maximum absolute atomic E-state index is 14.3. The molecule has 274 valence electrons. The van der Waals surface area contributed by atoms with Gasteiger partial charge in [0.1, 0.15) is 66.1 Å². The normalized spacial score (nSPS) is 34.7. The fourth-order valence-corrected chi connectivity index (χ4v) is 5.46. The lowest BCUT2D eigenvalue weighted by atomic mass is 10.0. The van der Waals surface area contributed by atoms with Gasteiger partial charge in [-0.3, -0.25) is 4.79 Å². The Kier molecular flexibility index (Phi) is 9.98. The Morgan fingerprint density at radius 1 is 0.540 bits per heavy atom. The predicted molar refractivity (Wildman–Crippen MR) is 158 cm³/mol. The van der Waals surface area contributed by atoms with Gasteiger partial charge in [0.15, 0.2) is 17.1 Å². The topological polar surface area (TPSA) is 328 Å². The number of hydrogen-bond acceptors (Lipinski definition) is 20. The summed E-state index contributed by atoms with van der Waals surface area (Å²) in [5.74, 6) is -5.79. The van der Waals surface area contributed by atoms with Crippen LogP contribution in [0.5, 0.6) is 34.5 Å². The third kappa shape index (κ3) is 6.36. The number of benzene rings is 2. The number of aromatic hydroxyl groups is 3. The standard InChI is InChI=1S/C30H34O20/c31-9-3-1-8(2-4-9)23-26(49-29-20(41)15(36)11(33)6-45-29)18(39)13-17(38)25(48-28-19(40)14(35)10(32)5-44-28)22(43)27(24(13)47-23)50-30-21(42)16(37)12(34)7-46-30/h1-4,10-12,14-16,19-21,28-38,40-43H,5-7H2/t10-,11-,12-,14+,15+,16+,19-,20-,21-,28+,29+,30+/m1/s1. The Morgan fingerprint density at radius 2 is 0.960 bits per heavy atom. The summed E-state index contributed by atoms with van der Waals surface area (Å²) in [5.41, 5.74) is -2.05. The molecule has 0 amide bonds. The highest BCUT2D eigenvalue weighted by molar-refractivity contribution is 5.96. The second-order valence-electron chi connectivity index (χ2n) is 11.8. The Morgan fingerprint density at radius 3 is 1.42 bits per heavy atom. The van der Waals surface area contributed by atoms with Gasteiger partial charge in [-0.2, -0.15) is 0 Å². The van der Waals surface area contributed by atoms with Crippen LogP contribution in [0.1, 0.15) is 0 Å². The molecule has 50 heavy (non-hydrogen) atoms. The van der Waals surface area contributed by atoms with E-state index < -0.39 is 145 Å². The summed E-state index contributed by atoms with van der Waals surface area (Å²) >= 11 is 0. The first-order valence-corrected chi connectivity index (χ1v) is 15.0. The van der Waals surface area contributed by atoms with Gasteiger partial charge >= 0.3 is 0 Å². The van der Waals surface area contributed by atoms with E-state index in [1.54, 1.807) is 0 Å². The molecule has 0 aliphatic carbocycles. The van der Waals surface area contributed by atoms with E-state index in [9.17, 15) is 66.1 Å². The van der Waals surface area contributed by atoms with E-state index in [4.69, 9.17) is 32.8 Å². The highest BCUT2D eigenvalue weighted by Gasteiger charge is 2.44. The molecule has 4 heterocycles. The minimum Gasteiger partial charge on any atom is -0.508 e. The summed E-state index contributed by atoms with van der Waals surface area (Å²) in [6.07, 6.45) is -21.5. The quantitative estimate of drug-likeness (QED) is 0.111. The molecule has 12 atom stereocenters. The van der Waals surface area contributed by atoms with Gasteiger partial charge in [0, 0.05) is 5.56 Å². The minimum absolute atomic E-state index is 0.00621. The molecule has 0 spiro atoms. The summed E-state index contributed by atoms with van der Waals surface area (Å²) < 4.78 is 38.5. The molecular weight excluding hydrogens is 680 g/mol. The molecule has 3 saturated heterocycles. The number of aliphatic hydroxyl groups is 9. The predicted octanol–water partition coefficient (Wildman–Crippen LogP) is -3.97. The van der Waals surface area contributed by atoms with E-state index in [1.165, 1.54) is 24.3 Å². The SMILES string of the molecule is O=c1c(O[C@@H]2OC[C@@H](O)[C@H](O)[C@H]2O)c(-c2ccc(O)cc2)oc2c(O[C@@H]3OC[C@@H](O)[C@H](O)[C@H]3O)c(O)c(O[C@@H]3OC[C@@H](O)[C@H](O)[C@H]3O)c(O)c12. The third-order valence-electron chi connectivity index (χ3n) is 8.35. The lowest BCUT2D eigenvalue weighted by Crippen LogP contribution is -2.55. The van der Waals surface area contributed by atoms with Gasteiger partial charge in [-0.15, -0.1) is 0 Å². The van der Waals surface area contributed by atoms with Crippen LogP contribution in [-0.2, 0) is 14.2 Å². The van der Waals surface area contributed by atoms with Crippen LogP contribution in [0.2, 0.25) is 0 Å². The smallest absolute Gasteiger partial charge is 0.239 e. The first-order chi connectivity index (χ1) is 23.7. The average molecular weight is 715 g/mol. The van der Waals surface area contributed by atoms with E-state index in [0.717, 1.165) is 0 Å². The van der Waals surface area contributed by atoms with E-state index in [-0.39, 0.29) is 11.3 Å². The molecule has 0 bridgehead atoms. The van der Waals surface area contributed by atoms with Gasteiger partial charge in [0.2, 0.25) is 47.3 Å². The molecule has 20 heteroatoms. The molecule has 1 aromatic heterocycles. The molecule has 2 aromatic carbocycles. The number of ether oxygens (including phenoxy) is 6. The molecule has 0 unspecified atom stereocenters. The van der Waals surface area contributed by atoms with Crippen molar-refractivity contribution in [2.75, 3.05) is 19.8 Å². The first-order valence-electron chi connectivity index (χ1n) is 15.0. The van der Waals surface area contributed by atoms with E-state index >= 15 is 0 Å². The van der Waals surface area contributed by atoms with Crippen LogP contribution < -0.4 is 19.6 Å². The zero-order valence-corrected chi connectivity index (χ0v) is 25.5. The van der Waals surface area contributed by atoms with Crippen molar-refractivity contribution in [2.45, 2.75) is 73.8 Å². The van der Waals surface area contributed by atoms with Crippen molar-refractivity contribution in [1.29, 1.82) is 0 Å². The Labute approximate surface area is 279 Å². The van der Waals surface area contributed by atoms with Gasteiger partial charge in [-0.25, -0.2) is 0 Å². The van der Waals surface area contributed by atoms with E-state index in [1.807, 2.05) is 0 Å². The van der Waals surface area contributed by atoms with Crippen molar-refractivity contribution in [2.24, 2.45) is 0 Å². The molecule has 12 N–H and O–H groups in total. The van der Waals surface area contributed by atoms with Gasteiger partial charge in [0.25, 0.3) is 0 Å². The number of hydrogen-bond donors (Lipinski definition) is 12. The Hall–Kier alpha value is -4.03. The first kappa shape index (κ1) is 35.8. The van der Waals surface area contributed by atoms with Gasteiger partial charge in [-0.1, -0.05) is 0 Å². The fourth-order valence-electron chi connectivity index (χ4n) is 5.46. The number of phenols is 3. The van der Waals surface area contributed by atoms with Gasteiger partial charge in [0.05, 0.1) is 19.8 Å². The summed E-state index contributed by atoms with van der Waals surface area (Å²) in [4.78, 5) is 14.3. The lowest BCUT2D eigenvalue weighted by Gasteiger charge is -2.36. The molecule has 3 fully saturated rings. The molecule has 6 rings (SSSR count). The molecular formula is C30H34O20. The molecule has 0 radical (unpaired) electrons. The lowest BCUT2D eigenvalue weighted by molar-refractivity contribution is -0.244. The van der Waals surface area contributed by atoms with Crippen molar-refractivity contribution >= 4 is 11.0 Å². The molecule has 3 aliphatic heterocycles. The van der Waals surface area contributed by atoms with Gasteiger partial charge in [-0.05, 0) is 24.3 Å². The molecule has 0 saturated carbocycles. The van der Waals surface area contributed by atoms with Crippen LogP contribution in [0, 0.1) is 0 Å². The number of fused-ring (bicyclic) bond motifs is 1. The second-order valence-corrected chi connectivity index (χ2v) is 11.8. The number of phenolic OH excluding ortho intramolecular Hbond substituents is 3. The molecule has 20 nitrogen and oxygen atoms in total. The summed E-state index contributed by atoms with van der Waals surface area (Å²) in [6.45, 7) is -1.69. The molecule has 3 aliphatic rings. The third-order valence-corrected chi connectivity index (χ3v) is 8.35. The molecule has 3 aromatic rings. The highest BCUT2D eigenvalue weighted by Crippen LogP contribution is 2.52. The Balaban J connectivity index is 1.56. The second kappa shape index (κ2) is 13.9. The summed E-state index contributed by atoms with van der Waals surface area (Å²) in [6, 6.07) is 4.90. The van der Waals surface area contributed by atoms with Crippen LogP contribution in [0.4, 0.5) is 0 Å². The monoisotopic (exact) mass is 714 g/mol.